The molecule has 3 fully saturated rings. The molecule has 3 rings (SSSR count). The number of hydrogen-bond acceptors (Lipinski definition) is 5. The van der Waals surface area contributed by atoms with Gasteiger partial charge in [0.1, 0.15) is 12.2 Å². The molecule has 5 nitrogen and oxygen atoms in total. The van der Waals surface area contributed by atoms with Gasteiger partial charge in [-0.25, -0.2) is 0 Å². The van der Waals surface area contributed by atoms with Gasteiger partial charge in [0.05, 0.1) is 11.7 Å². The molecule has 0 amide bonds. The Morgan fingerprint density at radius 3 is 2.63 bits per heavy atom. The highest BCUT2D eigenvalue weighted by molar-refractivity contribution is 5.40. The number of aliphatic hydroxyl groups is 4. The van der Waals surface area contributed by atoms with Crippen LogP contribution in [0.15, 0.2) is 35.5 Å². The van der Waals surface area contributed by atoms with Crippen LogP contribution in [-0.2, 0) is 4.74 Å². The van der Waals surface area contributed by atoms with E-state index < -0.39 is 23.9 Å². The summed E-state index contributed by atoms with van der Waals surface area (Å²) in [7, 11) is 0. The molecule has 0 bridgehead atoms. The van der Waals surface area contributed by atoms with Crippen molar-refractivity contribution in [2.75, 3.05) is 13.2 Å². The third-order valence-corrected chi connectivity index (χ3v) is 9.17. The van der Waals surface area contributed by atoms with Crippen molar-refractivity contribution in [3.8, 4) is 0 Å². The molecule has 0 aromatic rings. The van der Waals surface area contributed by atoms with Gasteiger partial charge in [-0.1, -0.05) is 51.0 Å². The lowest BCUT2D eigenvalue weighted by Gasteiger charge is -2.44. The van der Waals surface area contributed by atoms with Crippen molar-refractivity contribution in [1.82, 2.24) is 0 Å². The van der Waals surface area contributed by atoms with Gasteiger partial charge in [0.25, 0.3) is 0 Å². The number of ether oxygens (including phenoxy) is 1. The smallest absolute Gasteiger partial charge is 0.114 e. The quantitative estimate of drug-likeness (QED) is 0.321. The van der Waals surface area contributed by atoms with Crippen molar-refractivity contribution in [2.45, 2.75) is 116 Å². The summed E-state index contributed by atoms with van der Waals surface area (Å²) in [5, 5.41) is 40.4. The normalized spacial score (nSPS) is 37.1. The number of hydrogen-bond donors (Lipinski definition) is 4. The fourth-order valence-electron chi connectivity index (χ4n) is 7.21. The summed E-state index contributed by atoms with van der Waals surface area (Å²) in [6.07, 6.45) is 12.1. The standard InChI is InChI=1S/C30H50O5/c1-20(9-6-15-29(3,4)34)24-13-14-25-22(10-7-16-30(24,25)5)11-12-23-19-26(32)28(27(33)21(23)2)35-18-8-17-31/h11-12,20,24-28,31-34H,2,6-10,13-19H2,1,3-5H3/t20-,24-,25+,26-,27+,28-,30-/m1/s1. The van der Waals surface area contributed by atoms with Crippen LogP contribution in [0.4, 0.5) is 0 Å². The molecule has 3 aliphatic carbocycles. The second-order valence-corrected chi connectivity index (χ2v) is 12.4. The number of rotatable bonds is 10. The van der Waals surface area contributed by atoms with Crippen LogP contribution >= 0.6 is 0 Å². The van der Waals surface area contributed by atoms with E-state index in [1.54, 1.807) is 0 Å². The van der Waals surface area contributed by atoms with Gasteiger partial charge < -0.3 is 25.2 Å². The minimum atomic E-state index is -0.931. The van der Waals surface area contributed by atoms with E-state index in [0.29, 0.717) is 42.3 Å². The molecule has 35 heavy (non-hydrogen) atoms. The summed E-state index contributed by atoms with van der Waals surface area (Å²) in [6, 6.07) is 0. The SMILES string of the molecule is C=C1C(=CC=C2CCC[C@]3(C)[C@@H]([C@H](C)CCCC(C)(C)O)CC[C@@H]23)C[C@@H](O)[C@@H](OCCCO)[C@H]1O. The molecule has 0 radical (unpaired) electrons. The Kier molecular flexibility index (Phi) is 9.84. The van der Waals surface area contributed by atoms with Crippen molar-refractivity contribution >= 4 is 0 Å². The summed E-state index contributed by atoms with van der Waals surface area (Å²) in [6.45, 7) is 13.2. The highest BCUT2D eigenvalue weighted by Crippen LogP contribution is 2.60. The summed E-state index contributed by atoms with van der Waals surface area (Å²) < 4.78 is 5.63. The maximum absolute atomic E-state index is 10.7. The van der Waals surface area contributed by atoms with Gasteiger partial charge in [-0.15, -0.1) is 0 Å². The molecule has 7 atom stereocenters. The van der Waals surface area contributed by atoms with Gasteiger partial charge in [-0.05, 0) is 93.1 Å². The maximum Gasteiger partial charge on any atom is 0.114 e. The molecule has 0 aromatic heterocycles. The number of aliphatic hydroxyl groups excluding tert-OH is 3. The van der Waals surface area contributed by atoms with E-state index in [0.717, 1.165) is 30.8 Å². The molecule has 0 spiro atoms. The van der Waals surface area contributed by atoms with Gasteiger partial charge in [-0.2, -0.15) is 0 Å². The fourth-order valence-corrected chi connectivity index (χ4v) is 7.21. The Labute approximate surface area is 213 Å². The zero-order valence-corrected chi connectivity index (χ0v) is 22.5. The third-order valence-electron chi connectivity index (χ3n) is 9.17. The van der Waals surface area contributed by atoms with E-state index in [-0.39, 0.29) is 6.61 Å². The first-order chi connectivity index (χ1) is 16.5. The van der Waals surface area contributed by atoms with Crippen molar-refractivity contribution in [3.05, 3.63) is 35.5 Å². The lowest BCUT2D eigenvalue weighted by molar-refractivity contribution is -0.0968. The van der Waals surface area contributed by atoms with E-state index in [4.69, 9.17) is 9.84 Å². The first kappa shape index (κ1) is 28.6. The number of allylic oxidation sites excluding steroid dienone is 3. The second kappa shape index (κ2) is 12.0. The van der Waals surface area contributed by atoms with Crippen LogP contribution in [-0.4, -0.2) is 57.6 Å². The van der Waals surface area contributed by atoms with Crippen molar-refractivity contribution in [2.24, 2.45) is 23.2 Å². The van der Waals surface area contributed by atoms with Gasteiger partial charge in [0.2, 0.25) is 0 Å². The molecule has 5 heteroatoms. The molecule has 0 heterocycles. The highest BCUT2D eigenvalue weighted by Gasteiger charge is 2.50. The average Bonchev–Trinajstić information content (AvgIpc) is 3.14. The van der Waals surface area contributed by atoms with Crippen LogP contribution in [0.2, 0.25) is 0 Å². The minimum absolute atomic E-state index is 0.0269. The van der Waals surface area contributed by atoms with E-state index in [1.807, 2.05) is 13.8 Å². The van der Waals surface area contributed by atoms with Crippen LogP contribution in [0.5, 0.6) is 0 Å². The molecule has 0 saturated heterocycles. The van der Waals surface area contributed by atoms with E-state index in [2.05, 4.69) is 32.6 Å². The van der Waals surface area contributed by atoms with Crippen molar-refractivity contribution in [3.63, 3.8) is 0 Å². The van der Waals surface area contributed by atoms with Crippen molar-refractivity contribution < 1.29 is 25.2 Å². The Balaban J connectivity index is 1.67. The van der Waals surface area contributed by atoms with Crippen LogP contribution in [0.3, 0.4) is 0 Å². The summed E-state index contributed by atoms with van der Waals surface area (Å²) in [4.78, 5) is 0. The van der Waals surface area contributed by atoms with Crippen LogP contribution < -0.4 is 0 Å². The highest BCUT2D eigenvalue weighted by atomic mass is 16.5. The minimum Gasteiger partial charge on any atom is -0.396 e. The molecule has 3 aliphatic rings. The van der Waals surface area contributed by atoms with Crippen molar-refractivity contribution in [1.29, 1.82) is 0 Å². The van der Waals surface area contributed by atoms with Crippen LogP contribution in [0.25, 0.3) is 0 Å². The van der Waals surface area contributed by atoms with E-state index in [1.165, 1.54) is 37.7 Å². The van der Waals surface area contributed by atoms with E-state index >= 15 is 0 Å². The predicted molar refractivity (Wildman–Crippen MR) is 141 cm³/mol. The molecule has 0 aromatic carbocycles. The molecule has 200 valence electrons. The molecular formula is C30H50O5. The first-order valence-electron chi connectivity index (χ1n) is 13.9. The first-order valence-corrected chi connectivity index (χ1v) is 13.9. The van der Waals surface area contributed by atoms with E-state index in [9.17, 15) is 15.3 Å². The lowest BCUT2D eigenvalue weighted by Crippen LogP contribution is -2.45. The Bertz CT molecular complexity index is 778. The van der Waals surface area contributed by atoms with Gasteiger partial charge in [0.15, 0.2) is 0 Å². The molecular weight excluding hydrogens is 440 g/mol. The largest absolute Gasteiger partial charge is 0.396 e. The molecule has 0 unspecified atom stereocenters. The maximum atomic E-state index is 10.7. The molecule has 3 saturated carbocycles. The molecule has 4 N–H and O–H groups in total. The van der Waals surface area contributed by atoms with Crippen LogP contribution in [0, 0.1) is 23.2 Å². The lowest BCUT2D eigenvalue weighted by atomic mass is 9.60. The van der Waals surface area contributed by atoms with Gasteiger partial charge in [-0.3, -0.25) is 0 Å². The Morgan fingerprint density at radius 2 is 1.94 bits per heavy atom. The average molecular weight is 491 g/mol. The summed E-state index contributed by atoms with van der Waals surface area (Å²) in [5.74, 6) is 1.98. The monoisotopic (exact) mass is 490 g/mol. The zero-order chi connectivity index (χ0) is 25.8. The second-order valence-electron chi connectivity index (χ2n) is 12.4. The molecule has 0 aliphatic heterocycles. The fraction of sp³-hybridized carbons (Fsp3) is 0.800. The summed E-state index contributed by atoms with van der Waals surface area (Å²) in [5.41, 5.74) is 2.79. The number of fused-ring (bicyclic) bond motifs is 1. The zero-order valence-electron chi connectivity index (χ0n) is 22.5. The Hall–Kier alpha value is -0.980. The Morgan fingerprint density at radius 1 is 1.20 bits per heavy atom. The topological polar surface area (TPSA) is 90.2 Å². The third kappa shape index (κ3) is 6.87. The van der Waals surface area contributed by atoms with Gasteiger partial charge in [0, 0.05) is 19.6 Å². The predicted octanol–water partition coefficient (Wildman–Crippen LogP) is 5.08. The van der Waals surface area contributed by atoms with Crippen LogP contribution in [0.1, 0.15) is 91.9 Å². The summed E-state index contributed by atoms with van der Waals surface area (Å²) >= 11 is 0. The van der Waals surface area contributed by atoms with Gasteiger partial charge >= 0.3 is 0 Å².